The van der Waals surface area contributed by atoms with E-state index in [2.05, 4.69) is 67.3 Å². The molecule has 0 unspecified atom stereocenters. The number of aliphatic hydroxyl groups is 1. The zero-order valence-electron chi connectivity index (χ0n) is 16.0. The highest BCUT2D eigenvalue weighted by molar-refractivity contribution is 5.33. The molecule has 2 atom stereocenters. The fourth-order valence-corrected chi connectivity index (χ4v) is 4.00. The second kappa shape index (κ2) is 8.81. The smallest absolute Gasteiger partial charge is 0.0976 e. The molecule has 0 aliphatic carbocycles. The summed E-state index contributed by atoms with van der Waals surface area (Å²) in [5.74, 6) is 0.0319. The van der Waals surface area contributed by atoms with Gasteiger partial charge in [-0.3, -0.25) is 4.90 Å². The Morgan fingerprint density at radius 1 is 1.04 bits per heavy atom. The number of morpholine rings is 1. The van der Waals surface area contributed by atoms with Crippen molar-refractivity contribution in [1.82, 2.24) is 4.90 Å². The van der Waals surface area contributed by atoms with E-state index in [0.717, 1.165) is 51.3 Å². The summed E-state index contributed by atoms with van der Waals surface area (Å²) >= 11 is 0. The SMILES string of the molecule is CCC[C@@](O)(c1ccc(C)cc1)[C@@H](CN1CCOCC1)c1ccccc1. The molecule has 0 spiro atoms. The van der Waals surface area contributed by atoms with Gasteiger partial charge in [0.25, 0.3) is 0 Å². The van der Waals surface area contributed by atoms with Crippen molar-refractivity contribution < 1.29 is 9.84 Å². The van der Waals surface area contributed by atoms with Crippen LogP contribution >= 0.6 is 0 Å². The van der Waals surface area contributed by atoms with Gasteiger partial charge in [0.15, 0.2) is 0 Å². The Hall–Kier alpha value is -1.68. The van der Waals surface area contributed by atoms with Crippen molar-refractivity contribution in [2.75, 3.05) is 32.8 Å². The highest BCUT2D eigenvalue weighted by Crippen LogP contribution is 2.41. The summed E-state index contributed by atoms with van der Waals surface area (Å²) in [5.41, 5.74) is 2.57. The van der Waals surface area contributed by atoms with Crippen LogP contribution in [0.3, 0.4) is 0 Å². The van der Waals surface area contributed by atoms with Crippen LogP contribution in [0.5, 0.6) is 0 Å². The quantitative estimate of drug-likeness (QED) is 0.813. The van der Waals surface area contributed by atoms with Gasteiger partial charge in [0, 0.05) is 25.6 Å². The number of ether oxygens (including phenoxy) is 1. The first kappa shape index (κ1) is 19.1. The van der Waals surface area contributed by atoms with E-state index in [0.29, 0.717) is 0 Å². The van der Waals surface area contributed by atoms with Gasteiger partial charge in [0.2, 0.25) is 0 Å². The summed E-state index contributed by atoms with van der Waals surface area (Å²) in [6, 6.07) is 18.9. The summed E-state index contributed by atoms with van der Waals surface area (Å²) in [6.07, 6.45) is 1.69. The standard InChI is InChI=1S/C23H31NO2/c1-3-13-23(25,21-11-9-19(2)10-12-21)22(20-7-5-4-6-8-20)18-24-14-16-26-17-15-24/h4-12,22,25H,3,13-18H2,1-2H3/t22-,23+/m0/s1. The van der Waals surface area contributed by atoms with Crippen LogP contribution in [0.1, 0.15) is 42.4 Å². The fourth-order valence-electron chi connectivity index (χ4n) is 4.00. The Kier molecular flexibility index (Phi) is 6.47. The normalized spacial score (nSPS) is 19.0. The number of hydrogen-bond donors (Lipinski definition) is 1. The van der Waals surface area contributed by atoms with E-state index in [4.69, 9.17) is 4.74 Å². The molecule has 0 saturated carbocycles. The van der Waals surface area contributed by atoms with E-state index >= 15 is 0 Å². The second-order valence-electron chi connectivity index (χ2n) is 7.42. The second-order valence-corrected chi connectivity index (χ2v) is 7.42. The van der Waals surface area contributed by atoms with Crippen molar-refractivity contribution in [1.29, 1.82) is 0 Å². The monoisotopic (exact) mass is 353 g/mol. The van der Waals surface area contributed by atoms with Crippen molar-refractivity contribution in [2.45, 2.75) is 38.2 Å². The lowest BCUT2D eigenvalue weighted by Crippen LogP contribution is -2.45. The molecular formula is C23H31NO2. The molecule has 3 rings (SSSR count). The number of aryl methyl sites for hydroxylation is 1. The van der Waals surface area contributed by atoms with E-state index < -0.39 is 5.60 Å². The minimum Gasteiger partial charge on any atom is -0.384 e. The summed E-state index contributed by atoms with van der Waals surface area (Å²) < 4.78 is 5.51. The van der Waals surface area contributed by atoms with E-state index in [-0.39, 0.29) is 5.92 Å². The molecule has 2 aromatic carbocycles. The zero-order valence-corrected chi connectivity index (χ0v) is 16.0. The molecule has 0 amide bonds. The Morgan fingerprint density at radius 3 is 2.31 bits per heavy atom. The minimum absolute atomic E-state index is 0.0319. The van der Waals surface area contributed by atoms with Crippen molar-refractivity contribution in [2.24, 2.45) is 0 Å². The summed E-state index contributed by atoms with van der Waals surface area (Å²) in [6.45, 7) is 8.49. The molecular weight excluding hydrogens is 322 g/mol. The van der Waals surface area contributed by atoms with Crippen molar-refractivity contribution in [3.05, 3.63) is 71.3 Å². The molecule has 1 N–H and O–H groups in total. The maximum absolute atomic E-state index is 12.0. The topological polar surface area (TPSA) is 32.7 Å². The Labute approximate surface area is 157 Å². The molecule has 26 heavy (non-hydrogen) atoms. The number of rotatable bonds is 7. The molecule has 1 aliphatic rings. The third kappa shape index (κ3) is 4.35. The van der Waals surface area contributed by atoms with Crippen LogP contribution in [0.2, 0.25) is 0 Å². The maximum atomic E-state index is 12.0. The number of benzene rings is 2. The predicted octanol–water partition coefficient (Wildman–Crippen LogP) is 4.10. The number of nitrogens with zero attached hydrogens (tertiary/aromatic N) is 1. The molecule has 3 heteroatoms. The van der Waals surface area contributed by atoms with Crippen LogP contribution < -0.4 is 0 Å². The van der Waals surface area contributed by atoms with E-state index in [9.17, 15) is 5.11 Å². The fraction of sp³-hybridized carbons (Fsp3) is 0.478. The Morgan fingerprint density at radius 2 is 1.69 bits per heavy atom. The highest BCUT2D eigenvalue weighted by atomic mass is 16.5. The third-order valence-electron chi connectivity index (χ3n) is 5.51. The Bertz CT molecular complexity index is 664. The van der Waals surface area contributed by atoms with Gasteiger partial charge in [-0.2, -0.15) is 0 Å². The van der Waals surface area contributed by atoms with Crippen LogP contribution in [0, 0.1) is 6.92 Å². The maximum Gasteiger partial charge on any atom is 0.0976 e. The lowest BCUT2D eigenvalue weighted by atomic mass is 9.74. The first-order chi connectivity index (χ1) is 12.6. The van der Waals surface area contributed by atoms with Gasteiger partial charge >= 0.3 is 0 Å². The third-order valence-corrected chi connectivity index (χ3v) is 5.51. The average molecular weight is 354 g/mol. The van der Waals surface area contributed by atoms with Crippen molar-refractivity contribution in [3.8, 4) is 0 Å². The van der Waals surface area contributed by atoms with Crippen LogP contribution in [0.25, 0.3) is 0 Å². The molecule has 1 aliphatic heterocycles. The molecule has 1 fully saturated rings. The summed E-state index contributed by atoms with van der Waals surface area (Å²) in [5, 5.41) is 12.0. The number of hydrogen-bond acceptors (Lipinski definition) is 3. The summed E-state index contributed by atoms with van der Waals surface area (Å²) in [4.78, 5) is 2.43. The molecule has 2 aromatic rings. The van der Waals surface area contributed by atoms with Crippen LogP contribution in [0.15, 0.2) is 54.6 Å². The first-order valence-electron chi connectivity index (χ1n) is 9.78. The van der Waals surface area contributed by atoms with Crippen molar-refractivity contribution >= 4 is 0 Å². The van der Waals surface area contributed by atoms with E-state index in [1.165, 1.54) is 11.1 Å². The predicted molar refractivity (Wildman–Crippen MR) is 106 cm³/mol. The minimum atomic E-state index is -0.873. The lowest BCUT2D eigenvalue weighted by Gasteiger charge is -2.41. The van der Waals surface area contributed by atoms with Gasteiger partial charge in [0.1, 0.15) is 0 Å². The first-order valence-corrected chi connectivity index (χ1v) is 9.78. The van der Waals surface area contributed by atoms with Crippen LogP contribution in [-0.4, -0.2) is 42.9 Å². The molecule has 0 radical (unpaired) electrons. The molecule has 0 bridgehead atoms. The molecule has 0 aromatic heterocycles. The lowest BCUT2D eigenvalue weighted by molar-refractivity contribution is -0.0285. The average Bonchev–Trinajstić information content (AvgIpc) is 2.68. The van der Waals surface area contributed by atoms with Gasteiger partial charge in [-0.15, -0.1) is 0 Å². The summed E-state index contributed by atoms with van der Waals surface area (Å²) in [7, 11) is 0. The molecule has 1 heterocycles. The van der Waals surface area contributed by atoms with E-state index in [1.807, 2.05) is 6.07 Å². The largest absolute Gasteiger partial charge is 0.384 e. The molecule has 140 valence electrons. The molecule has 3 nitrogen and oxygen atoms in total. The Balaban J connectivity index is 1.99. The van der Waals surface area contributed by atoms with Gasteiger partial charge in [0.05, 0.1) is 18.8 Å². The van der Waals surface area contributed by atoms with Gasteiger partial charge < -0.3 is 9.84 Å². The van der Waals surface area contributed by atoms with Crippen LogP contribution in [-0.2, 0) is 10.3 Å². The van der Waals surface area contributed by atoms with Crippen LogP contribution in [0.4, 0.5) is 0 Å². The molecule has 1 saturated heterocycles. The highest BCUT2D eigenvalue weighted by Gasteiger charge is 2.39. The van der Waals surface area contributed by atoms with Gasteiger partial charge in [-0.1, -0.05) is 73.5 Å². The zero-order chi connectivity index (χ0) is 18.4. The van der Waals surface area contributed by atoms with Crippen molar-refractivity contribution in [3.63, 3.8) is 0 Å². The van der Waals surface area contributed by atoms with E-state index in [1.54, 1.807) is 0 Å². The van der Waals surface area contributed by atoms with Gasteiger partial charge in [-0.25, -0.2) is 0 Å². The van der Waals surface area contributed by atoms with Gasteiger partial charge in [-0.05, 0) is 24.5 Å².